The van der Waals surface area contributed by atoms with Crippen molar-refractivity contribution in [1.82, 2.24) is 9.62 Å². The highest BCUT2D eigenvalue weighted by atomic mass is 32.2. The summed E-state index contributed by atoms with van der Waals surface area (Å²) in [4.78, 5) is 14.7. The lowest BCUT2D eigenvalue weighted by atomic mass is 10.1. The number of hydrogen-bond acceptors (Lipinski definition) is 7. The van der Waals surface area contributed by atoms with Crippen molar-refractivity contribution < 1.29 is 22.4 Å². The molecule has 0 bridgehead atoms. The normalized spacial score (nSPS) is 16.2. The monoisotopic (exact) mass is 448 g/mol. The molecule has 160 valence electrons. The van der Waals surface area contributed by atoms with E-state index in [-0.39, 0.29) is 12.0 Å². The number of carbonyl (C=O) groups is 1. The number of benzene rings is 1. The number of thiophene rings is 1. The van der Waals surface area contributed by atoms with Gasteiger partial charge in [0.1, 0.15) is 21.1 Å². The third-order valence-corrected chi connectivity index (χ3v) is 8.10. The summed E-state index contributed by atoms with van der Waals surface area (Å²) in [5.74, 6) is 0.211. The Bertz CT molecular complexity index is 1110. The fourth-order valence-corrected chi connectivity index (χ4v) is 6.05. The fraction of sp³-hybridized carbons (Fsp3) is 0.381. The van der Waals surface area contributed by atoms with Crippen LogP contribution in [0.4, 0.5) is 0 Å². The maximum atomic E-state index is 12.5. The summed E-state index contributed by atoms with van der Waals surface area (Å²) in [7, 11) is -3.46. The first kappa shape index (κ1) is 21.0. The second-order valence-electron chi connectivity index (χ2n) is 7.22. The van der Waals surface area contributed by atoms with Crippen LogP contribution in [0.5, 0.6) is 0 Å². The standard InChI is InChI=1S/C21H24N2O5S2/c1-2-27-21(24)20-16-6-3-4-7-17(16)28-18(20)14-23-11-9-15(10-12-23)22-30(25,26)19-8-5-13-29-19/h3-8,13,15,22H,2,9-12,14H2,1H3. The Morgan fingerprint density at radius 1 is 1.23 bits per heavy atom. The van der Waals surface area contributed by atoms with Gasteiger partial charge in [-0.2, -0.15) is 0 Å². The van der Waals surface area contributed by atoms with Crippen molar-refractivity contribution in [1.29, 1.82) is 0 Å². The van der Waals surface area contributed by atoms with E-state index in [4.69, 9.17) is 9.15 Å². The minimum absolute atomic E-state index is 0.103. The van der Waals surface area contributed by atoms with Crippen LogP contribution in [-0.4, -0.2) is 45.0 Å². The molecule has 1 saturated heterocycles. The van der Waals surface area contributed by atoms with E-state index >= 15 is 0 Å². The minimum Gasteiger partial charge on any atom is -0.462 e. The van der Waals surface area contributed by atoms with E-state index in [1.54, 1.807) is 24.4 Å². The van der Waals surface area contributed by atoms with Gasteiger partial charge in [-0.05, 0) is 37.3 Å². The Hall–Kier alpha value is -2.20. The van der Waals surface area contributed by atoms with Gasteiger partial charge < -0.3 is 9.15 Å². The number of sulfonamides is 1. The Labute approximate surface area is 179 Å². The van der Waals surface area contributed by atoms with Crippen molar-refractivity contribution in [3.63, 3.8) is 0 Å². The molecule has 1 aliphatic rings. The lowest BCUT2D eigenvalue weighted by molar-refractivity contribution is 0.0523. The van der Waals surface area contributed by atoms with E-state index < -0.39 is 10.0 Å². The van der Waals surface area contributed by atoms with Crippen LogP contribution in [0.25, 0.3) is 11.0 Å². The van der Waals surface area contributed by atoms with Crippen molar-refractivity contribution in [2.24, 2.45) is 0 Å². The largest absolute Gasteiger partial charge is 0.462 e. The number of hydrogen-bond donors (Lipinski definition) is 1. The van der Waals surface area contributed by atoms with Crippen molar-refractivity contribution >= 4 is 38.3 Å². The van der Waals surface area contributed by atoms with Crippen molar-refractivity contribution in [3.05, 3.63) is 53.1 Å². The molecule has 0 spiro atoms. The van der Waals surface area contributed by atoms with Crippen molar-refractivity contribution in [2.75, 3.05) is 19.7 Å². The quantitative estimate of drug-likeness (QED) is 0.556. The average molecular weight is 449 g/mol. The van der Waals surface area contributed by atoms with Crippen LogP contribution in [0.15, 0.2) is 50.4 Å². The van der Waals surface area contributed by atoms with Gasteiger partial charge in [-0.15, -0.1) is 11.3 Å². The number of furan rings is 1. The molecule has 0 atom stereocenters. The van der Waals surface area contributed by atoms with Crippen LogP contribution >= 0.6 is 11.3 Å². The highest BCUT2D eigenvalue weighted by molar-refractivity contribution is 7.91. The predicted molar refractivity (Wildman–Crippen MR) is 115 cm³/mol. The van der Waals surface area contributed by atoms with Crippen LogP contribution in [-0.2, 0) is 21.3 Å². The summed E-state index contributed by atoms with van der Waals surface area (Å²) < 4.78 is 39.2. The molecule has 0 aliphatic carbocycles. The molecule has 0 unspecified atom stereocenters. The Kier molecular flexibility index (Phi) is 6.24. The zero-order valence-corrected chi connectivity index (χ0v) is 18.3. The van der Waals surface area contributed by atoms with Crippen LogP contribution < -0.4 is 4.72 Å². The molecular weight excluding hydrogens is 424 g/mol. The number of esters is 1. The number of nitrogens with one attached hydrogen (secondary N) is 1. The molecule has 0 radical (unpaired) electrons. The SMILES string of the molecule is CCOC(=O)c1c(CN2CCC(NS(=O)(=O)c3cccs3)CC2)oc2ccccc12. The first-order chi connectivity index (χ1) is 14.5. The zero-order valence-electron chi connectivity index (χ0n) is 16.7. The molecule has 1 aliphatic heterocycles. The summed E-state index contributed by atoms with van der Waals surface area (Å²) >= 11 is 1.21. The number of ether oxygens (including phenoxy) is 1. The molecule has 2 aromatic heterocycles. The molecular formula is C21H24N2O5S2. The third-order valence-electron chi connectivity index (χ3n) is 5.18. The Balaban J connectivity index is 1.43. The number of carbonyl (C=O) groups excluding carboxylic acids is 1. The van der Waals surface area contributed by atoms with Crippen molar-refractivity contribution in [2.45, 2.75) is 36.6 Å². The predicted octanol–water partition coefficient (Wildman–Crippen LogP) is 3.61. The summed E-state index contributed by atoms with van der Waals surface area (Å²) in [6, 6.07) is 10.7. The maximum Gasteiger partial charge on any atom is 0.342 e. The summed E-state index contributed by atoms with van der Waals surface area (Å²) in [6.07, 6.45) is 1.39. The molecule has 7 nitrogen and oxygen atoms in total. The summed E-state index contributed by atoms with van der Waals surface area (Å²) in [5.41, 5.74) is 1.14. The van der Waals surface area contributed by atoms with E-state index in [2.05, 4.69) is 9.62 Å². The summed E-state index contributed by atoms with van der Waals surface area (Å²) in [6.45, 7) is 3.97. The van der Waals surface area contributed by atoms with Crippen LogP contribution in [0.3, 0.4) is 0 Å². The van der Waals surface area contributed by atoms with Gasteiger partial charge in [0.15, 0.2) is 0 Å². The van der Waals surface area contributed by atoms with Gasteiger partial charge in [-0.25, -0.2) is 17.9 Å². The van der Waals surface area contributed by atoms with Crippen LogP contribution in [0.1, 0.15) is 35.9 Å². The van der Waals surface area contributed by atoms with Gasteiger partial charge >= 0.3 is 5.97 Å². The lowest BCUT2D eigenvalue weighted by Crippen LogP contribution is -2.44. The maximum absolute atomic E-state index is 12.5. The number of piperidine rings is 1. The van der Waals surface area contributed by atoms with Gasteiger partial charge in [0.05, 0.1) is 13.2 Å². The topological polar surface area (TPSA) is 88.9 Å². The molecule has 1 fully saturated rings. The first-order valence-corrected chi connectivity index (χ1v) is 12.3. The van der Waals surface area contributed by atoms with E-state index in [0.717, 1.165) is 5.39 Å². The number of para-hydroxylation sites is 1. The van der Waals surface area contributed by atoms with Gasteiger partial charge in [0.2, 0.25) is 10.0 Å². The van der Waals surface area contributed by atoms with Gasteiger partial charge in [-0.3, -0.25) is 4.90 Å². The fourth-order valence-electron chi connectivity index (χ4n) is 3.74. The molecule has 3 aromatic rings. The average Bonchev–Trinajstić information content (AvgIpc) is 3.38. The number of nitrogens with zero attached hydrogens (tertiary/aromatic N) is 1. The smallest absolute Gasteiger partial charge is 0.342 e. The summed E-state index contributed by atoms with van der Waals surface area (Å²) in [5, 5.41) is 2.51. The van der Waals surface area contributed by atoms with E-state index in [0.29, 0.717) is 60.2 Å². The molecule has 0 amide bonds. The highest BCUT2D eigenvalue weighted by Crippen LogP contribution is 2.28. The van der Waals surface area contributed by atoms with Gasteiger partial charge in [0, 0.05) is 24.5 Å². The Morgan fingerprint density at radius 2 is 2.00 bits per heavy atom. The van der Waals surface area contributed by atoms with Crippen LogP contribution in [0, 0.1) is 0 Å². The van der Waals surface area contributed by atoms with Crippen LogP contribution in [0.2, 0.25) is 0 Å². The highest BCUT2D eigenvalue weighted by Gasteiger charge is 2.28. The Morgan fingerprint density at radius 3 is 2.70 bits per heavy atom. The second kappa shape index (κ2) is 8.89. The first-order valence-electron chi connectivity index (χ1n) is 9.93. The van der Waals surface area contributed by atoms with E-state index in [9.17, 15) is 13.2 Å². The third kappa shape index (κ3) is 4.44. The van der Waals surface area contributed by atoms with Crippen molar-refractivity contribution in [3.8, 4) is 0 Å². The molecule has 30 heavy (non-hydrogen) atoms. The van der Waals surface area contributed by atoms with Gasteiger partial charge in [0.25, 0.3) is 0 Å². The molecule has 1 N–H and O–H groups in total. The minimum atomic E-state index is -3.46. The van der Waals surface area contributed by atoms with Gasteiger partial charge in [-0.1, -0.05) is 24.3 Å². The number of likely N-dealkylation sites (tertiary alicyclic amines) is 1. The number of rotatable bonds is 7. The molecule has 3 heterocycles. The zero-order chi connectivity index (χ0) is 21.1. The molecule has 9 heteroatoms. The van der Waals surface area contributed by atoms with E-state index in [1.807, 2.05) is 24.3 Å². The number of fused-ring (bicyclic) bond motifs is 1. The molecule has 1 aromatic carbocycles. The van der Waals surface area contributed by atoms with E-state index in [1.165, 1.54) is 11.3 Å². The molecule has 0 saturated carbocycles. The second-order valence-corrected chi connectivity index (χ2v) is 10.1. The molecule has 4 rings (SSSR count). The lowest BCUT2D eigenvalue weighted by Gasteiger charge is -2.31.